The van der Waals surface area contributed by atoms with E-state index >= 15 is 0 Å². The van der Waals surface area contributed by atoms with Crippen LogP contribution in [0.3, 0.4) is 0 Å². The van der Waals surface area contributed by atoms with Crippen molar-refractivity contribution in [3.05, 3.63) is 23.3 Å². The molecule has 1 heterocycles. The van der Waals surface area contributed by atoms with Gasteiger partial charge in [-0.15, -0.1) is 0 Å². The first-order valence-electron chi connectivity index (χ1n) is 6.66. The maximum atomic E-state index is 5.49. The Morgan fingerprint density at radius 2 is 2.11 bits per heavy atom. The van der Waals surface area contributed by atoms with Gasteiger partial charge >= 0.3 is 0 Å². The monoisotopic (exact) mass is 265 g/mol. The fraction of sp³-hybridized carbons (Fsp3) is 0.600. The van der Waals surface area contributed by atoms with Gasteiger partial charge in [-0.1, -0.05) is 13.0 Å². The van der Waals surface area contributed by atoms with E-state index in [-0.39, 0.29) is 0 Å². The maximum absolute atomic E-state index is 5.49. The molecular weight excluding hydrogens is 242 g/mol. The van der Waals surface area contributed by atoms with Crippen LogP contribution in [0.2, 0.25) is 0 Å². The van der Waals surface area contributed by atoms with Gasteiger partial charge in [0.05, 0.1) is 7.11 Å². The summed E-state index contributed by atoms with van der Waals surface area (Å²) in [6.07, 6.45) is 2.58. The van der Waals surface area contributed by atoms with Crippen molar-refractivity contribution >= 4 is 17.4 Å². The lowest BCUT2D eigenvalue weighted by Crippen LogP contribution is -2.33. The van der Waals surface area contributed by atoms with Crippen LogP contribution in [0.1, 0.15) is 30.9 Å². The summed E-state index contributed by atoms with van der Waals surface area (Å²) in [5.74, 6) is 2.31. The molecule has 1 aliphatic heterocycles. The largest absolute Gasteiger partial charge is 0.496 e. The minimum atomic E-state index is 0.579. The van der Waals surface area contributed by atoms with Gasteiger partial charge in [-0.3, -0.25) is 0 Å². The Kier molecular flexibility index (Phi) is 4.44. The second-order valence-corrected chi connectivity index (χ2v) is 6.54. The van der Waals surface area contributed by atoms with E-state index in [9.17, 15) is 0 Å². The highest BCUT2D eigenvalue weighted by atomic mass is 32.2. The van der Waals surface area contributed by atoms with Gasteiger partial charge in [-0.2, -0.15) is 11.8 Å². The fourth-order valence-corrected chi connectivity index (χ4v) is 3.75. The lowest BCUT2D eigenvalue weighted by molar-refractivity contribution is 0.408. The van der Waals surface area contributed by atoms with Crippen LogP contribution < -0.4 is 10.1 Å². The third-order valence-electron chi connectivity index (χ3n) is 3.75. The van der Waals surface area contributed by atoms with E-state index in [1.165, 1.54) is 35.4 Å². The van der Waals surface area contributed by atoms with Gasteiger partial charge in [-0.05, 0) is 44.1 Å². The summed E-state index contributed by atoms with van der Waals surface area (Å²) < 4.78 is 5.49. The molecule has 2 atom stereocenters. The zero-order chi connectivity index (χ0) is 13.1. The number of nitrogens with one attached hydrogen (secondary N) is 1. The van der Waals surface area contributed by atoms with Crippen molar-refractivity contribution in [2.45, 2.75) is 44.9 Å². The highest BCUT2D eigenvalue weighted by Crippen LogP contribution is 2.33. The molecule has 0 amide bonds. The van der Waals surface area contributed by atoms with E-state index in [0.29, 0.717) is 11.3 Å². The van der Waals surface area contributed by atoms with E-state index in [0.717, 1.165) is 5.75 Å². The highest BCUT2D eigenvalue weighted by molar-refractivity contribution is 8.00. The van der Waals surface area contributed by atoms with E-state index in [2.05, 4.69) is 50.0 Å². The van der Waals surface area contributed by atoms with Crippen LogP contribution in [0, 0.1) is 13.8 Å². The molecule has 1 aromatic carbocycles. The van der Waals surface area contributed by atoms with Crippen molar-refractivity contribution in [1.82, 2.24) is 0 Å². The zero-order valence-corrected chi connectivity index (χ0v) is 12.6. The second kappa shape index (κ2) is 5.87. The lowest BCUT2D eigenvalue weighted by atomic mass is 10.0. The zero-order valence-electron chi connectivity index (χ0n) is 11.7. The van der Waals surface area contributed by atoms with Crippen LogP contribution in [-0.4, -0.2) is 24.2 Å². The summed E-state index contributed by atoms with van der Waals surface area (Å²) in [6, 6.07) is 4.89. The van der Waals surface area contributed by atoms with Crippen LogP contribution >= 0.6 is 11.8 Å². The second-order valence-electron chi connectivity index (χ2n) is 5.06. The molecule has 3 heteroatoms. The Morgan fingerprint density at radius 3 is 2.78 bits per heavy atom. The van der Waals surface area contributed by atoms with Crippen LogP contribution in [0.15, 0.2) is 12.1 Å². The van der Waals surface area contributed by atoms with Gasteiger partial charge < -0.3 is 10.1 Å². The van der Waals surface area contributed by atoms with E-state index in [1.54, 1.807) is 7.11 Å². The number of methoxy groups -OCH3 is 1. The number of rotatable bonds is 3. The molecule has 0 saturated carbocycles. The summed E-state index contributed by atoms with van der Waals surface area (Å²) in [4.78, 5) is 0. The third kappa shape index (κ3) is 2.77. The first-order chi connectivity index (χ1) is 8.63. The van der Waals surface area contributed by atoms with Crippen LogP contribution in [-0.2, 0) is 0 Å². The predicted molar refractivity (Wildman–Crippen MR) is 81.0 cm³/mol. The number of hydrogen-bond acceptors (Lipinski definition) is 3. The molecule has 0 aromatic heterocycles. The molecule has 2 nitrogen and oxygen atoms in total. The minimum Gasteiger partial charge on any atom is -0.496 e. The third-order valence-corrected chi connectivity index (χ3v) is 5.13. The number of thioether (sulfide) groups is 1. The maximum Gasteiger partial charge on any atom is 0.126 e. The highest BCUT2D eigenvalue weighted by Gasteiger charge is 2.22. The van der Waals surface area contributed by atoms with Crippen molar-refractivity contribution in [2.24, 2.45) is 0 Å². The predicted octanol–water partition coefficient (Wildman–Crippen LogP) is 4.01. The van der Waals surface area contributed by atoms with Gasteiger partial charge in [0.2, 0.25) is 0 Å². The van der Waals surface area contributed by atoms with E-state index in [4.69, 9.17) is 4.74 Å². The van der Waals surface area contributed by atoms with Crippen molar-refractivity contribution in [2.75, 3.05) is 18.2 Å². The number of benzene rings is 1. The molecule has 1 fully saturated rings. The fourth-order valence-electron chi connectivity index (χ4n) is 2.61. The van der Waals surface area contributed by atoms with Crippen LogP contribution in [0.4, 0.5) is 5.69 Å². The lowest BCUT2D eigenvalue weighted by Gasteiger charge is -2.30. The Morgan fingerprint density at radius 1 is 1.33 bits per heavy atom. The Labute approximate surface area is 114 Å². The molecule has 1 aromatic rings. The average molecular weight is 265 g/mol. The molecule has 0 spiro atoms. The smallest absolute Gasteiger partial charge is 0.126 e. The number of hydrogen-bond donors (Lipinski definition) is 1. The van der Waals surface area contributed by atoms with Crippen LogP contribution in [0.25, 0.3) is 0 Å². The minimum absolute atomic E-state index is 0.579. The van der Waals surface area contributed by atoms with Gasteiger partial charge in [0, 0.05) is 22.5 Å². The molecule has 100 valence electrons. The van der Waals surface area contributed by atoms with Crippen molar-refractivity contribution in [3.63, 3.8) is 0 Å². The first kappa shape index (κ1) is 13.6. The normalized spacial score (nSPS) is 23.8. The number of anilines is 1. The van der Waals surface area contributed by atoms with Crippen molar-refractivity contribution < 1.29 is 4.74 Å². The first-order valence-corrected chi connectivity index (χ1v) is 7.70. The molecule has 1 aliphatic rings. The number of ether oxygens (including phenoxy) is 1. The van der Waals surface area contributed by atoms with Gasteiger partial charge in [0.15, 0.2) is 0 Å². The molecule has 1 N–H and O–H groups in total. The summed E-state index contributed by atoms with van der Waals surface area (Å²) >= 11 is 2.07. The molecule has 18 heavy (non-hydrogen) atoms. The van der Waals surface area contributed by atoms with E-state index < -0.39 is 0 Å². The van der Waals surface area contributed by atoms with Crippen molar-refractivity contribution in [1.29, 1.82) is 0 Å². The standard InChI is InChI=1S/C15H23NOS/c1-10-7-8-13(11(2)15(10)17-4)16-14-6-5-9-18-12(14)3/h7-8,12,14,16H,5-6,9H2,1-4H3. The average Bonchev–Trinajstić information content (AvgIpc) is 2.36. The number of aryl methyl sites for hydroxylation is 1. The SMILES string of the molecule is COc1c(C)ccc(NC2CCCSC2C)c1C. The summed E-state index contributed by atoms with van der Waals surface area (Å²) in [5, 5.41) is 4.39. The van der Waals surface area contributed by atoms with E-state index in [1.807, 2.05) is 0 Å². The Hall–Kier alpha value is -0.830. The molecule has 0 bridgehead atoms. The molecule has 2 rings (SSSR count). The van der Waals surface area contributed by atoms with Crippen molar-refractivity contribution in [3.8, 4) is 5.75 Å². The van der Waals surface area contributed by atoms with Gasteiger partial charge in [-0.25, -0.2) is 0 Å². The topological polar surface area (TPSA) is 21.3 Å². The quantitative estimate of drug-likeness (QED) is 0.892. The Bertz CT molecular complexity index is 419. The van der Waals surface area contributed by atoms with Gasteiger partial charge in [0.1, 0.15) is 5.75 Å². The van der Waals surface area contributed by atoms with Gasteiger partial charge in [0.25, 0.3) is 0 Å². The molecule has 0 aliphatic carbocycles. The van der Waals surface area contributed by atoms with Crippen LogP contribution in [0.5, 0.6) is 5.75 Å². The molecular formula is C15H23NOS. The summed E-state index contributed by atoms with van der Waals surface area (Å²) in [5.41, 5.74) is 3.64. The molecule has 0 radical (unpaired) electrons. The summed E-state index contributed by atoms with van der Waals surface area (Å²) in [7, 11) is 1.75. The molecule has 1 saturated heterocycles. The molecule has 2 unspecified atom stereocenters. The Balaban J connectivity index is 2.18. The summed E-state index contributed by atoms with van der Waals surface area (Å²) in [6.45, 7) is 6.55.